The molecule has 1 heterocycles. The fraction of sp³-hybridized carbons (Fsp3) is 1.00. The van der Waals surface area contributed by atoms with Gasteiger partial charge in [0.05, 0.1) is 19.3 Å². The number of piperidine rings is 1. The molecule has 2 N–H and O–H groups in total. The van der Waals surface area contributed by atoms with E-state index in [0.717, 1.165) is 0 Å². The summed E-state index contributed by atoms with van der Waals surface area (Å²) in [6.45, 7) is 8.84. The van der Waals surface area contributed by atoms with Gasteiger partial charge in [-0.1, -0.05) is 6.92 Å². The molecule has 0 radical (unpaired) electrons. The van der Waals surface area contributed by atoms with E-state index in [2.05, 4.69) is 24.1 Å². The summed E-state index contributed by atoms with van der Waals surface area (Å²) in [6, 6.07) is 0.503. The fourth-order valence-corrected chi connectivity index (χ4v) is 2.88. The van der Waals surface area contributed by atoms with E-state index in [1.807, 2.05) is 0 Å². The number of likely N-dealkylation sites (tertiary alicyclic amines) is 1. The summed E-state index contributed by atoms with van der Waals surface area (Å²) in [4.78, 5) is 2.57. The fourth-order valence-electron chi connectivity index (χ4n) is 2.88. The number of ether oxygens (including phenoxy) is 1. The Morgan fingerprint density at radius 2 is 2.28 bits per heavy atom. The molecule has 0 saturated carbocycles. The van der Waals surface area contributed by atoms with Gasteiger partial charge in [-0.15, -0.1) is 0 Å². The molecule has 0 spiro atoms. The van der Waals surface area contributed by atoms with E-state index in [4.69, 9.17) is 4.74 Å². The quantitative estimate of drug-likeness (QED) is 0.684. The zero-order valence-electron chi connectivity index (χ0n) is 12.2. The second-order valence-electron chi connectivity index (χ2n) is 5.49. The Morgan fingerprint density at radius 3 is 2.89 bits per heavy atom. The first-order chi connectivity index (χ1) is 8.71. The monoisotopic (exact) mass is 258 g/mol. The second kappa shape index (κ2) is 8.86. The van der Waals surface area contributed by atoms with E-state index < -0.39 is 0 Å². The molecule has 0 amide bonds. The highest BCUT2D eigenvalue weighted by Gasteiger charge is 2.25. The Hall–Kier alpha value is -0.160. The summed E-state index contributed by atoms with van der Waals surface area (Å²) in [5.74, 6) is 0.691. The Balaban J connectivity index is 2.37. The number of aliphatic hydroxyl groups is 1. The van der Waals surface area contributed by atoms with E-state index >= 15 is 0 Å². The predicted molar refractivity (Wildman–Crippen MR) is 74.8 cm³/mol. The van der Waals surface area contributed by atoms with E-state index in [1.165, 1.54) is 38.9 Å². The molecule has 4 nitrogen and oxygen atoms in total. The first-order valence-electron chi connectivity index (χ1n) is 7.29. The van der Waals surface area contributed by atoms with Crippen molar-refractivity contribution in [2.75, 3.05) is 40.0 Å². The van der Waals surface area contributed by atoms with Crippen molar-refractivity contribution in [1.82, 2.24) is 10.2 Å². The highest BCUT2D eigenvalue weighted by atomic mass is 16.5. The highest BCUT2D eigenvalue weighted by Crippen LogP contribution is 2.20. The minimum atomic E-state index is 0.0616. The average Bonchev–Trinajstić information content (AvgIpc) is 2.39. The van der Waals surface area contributed by atoms with Gasteiger partial charge in [0.15, 0.2) is 0 Å². The third-order valence-electron chi connectivity index (χ3n) is 3.88. The second-order valence-corrected chi connectivity index (χ2v) is 5.49. The lowest BCUT2D eigenvalue weighted by Crippen LogP contribution is -2.49. The lowest BCUT2D eigenvalue weighted by molar-refractivity contribution is 0.101. The average molecular weight is 258 g/mol. The van der Waals surface area contributed by atoms with E-state index in [1.54, 1.807) is 7.11 Å². The van der Waals surface area contributed by atoms with E-state index in [-0.39, 0.29) is 12.6 Å². The van der Waals surface area contributed by atoms with Crippen LogP contribution in [0, 0.1) is 5.92 Å². The van der Waals surface area contributed by atoms with Crippen molar-refractivity contribution in [2.24, 2.45) is 5.92 Å². The van der Waals surface area contributed by atoms with Crippen LogP contribution in [0.1, 0.15) is 33.1 Å². The maximum Gasteiger partial charge on any atom is 0.0638 e. The predicted octanol–water partition coefficient (Wildman–Crippen LogP) is 1.09. The molecular weight excluding hydrogens is 228 g/mol. The van der Waals surface area contributed by atoms with Gasteiger partial charge in [0.1, 0.15) is 0 Å². The van der Waals surface area contributed by atoms with Gasteiger partial charge in [-0.3, -0.25) is 0 Å². The lowest BCUT2D eigenvalue weighted by Gasteiger charge is -2.37. The first-order valence-corrected chi connectivity index (χ1v) is 7.29. The molecule has 0 aromatic carbocycles. The Bertz CT molecular complexity index is 212. The molecule has 1 aliphatic rings. The van der Waals surface area contributed by atoms with Crippen LogP contribution < -0.4 is 5.32 Å². The number of rotatable bonds is 8. The molecule has 18 heavy (non-hydrogen) atoms. The van der Waals surface area contributed by atoms with Crippen molar-refractivity contribution >= 4 is 0 Å². The normalized spacial score (nSPS) is 25.0. The van der Waals surface area contributed by atoms with Crippen molar-refractivity contribution in [3.05, 3.63) is 0 Å². The number of nitrogens with zero attached hydrogens (tertiary/aromatic N) is 1. The smallest absolute Gasteiger partial charge is 0.0638 e. The van der Waals surface area contributed by atoms with Crippen LogP contribution in [0.3, 0.4) is 0 Å². The van der Waals surface area contributed by atoms with Crippen LogP contribution >= 0.6 is 0 Å². The minimum absolute atomic E-state index is 0.0616. The Labute approximate surface area is 112 Å². The molecule has 0 bridgehead atoms. The number of methoxy groups -OCH3 is 1. The van der Waals surface area contributed by atoms with Crippen molar-refractivity contribution < 1.29 is 9.84 Å². The van der Waals surface area contributed by atoms with Crippen molar-refractivity contribution in [2.45, 2.75) is 45.2 Å². The number of hydrogen-bond donors (Lipinski definition) is 2. The summed E-state index contributed by atoms with van der Waals surface area (Å²) in [7, 11) is 1.68. The van der Waals surface area contributed by atoms with Gasteiger partial charge < -0.3 is 20.1 Å². The van der Waals surface area contributed by atoms with E-state index in [0.29, 0.717) is 18.6 Å². The molecule has 1 saturated heterocycles. The van der Waals surface area contributed by atoms with Gasteiger partial charge >= 0.3 is 0 Å². The largest absolute Gasteiger partial charge is 0.395 e. The molecule has 0 aromatic heterocycles. The number of aliphatic hydroxyl groups excluding tert-OH is 1. The SMILES string of the molecule is CCCN1CCCC(C(C)NC(CO)COC)C1. The molecule has 1 fully saturated rings. The third kappa shape index (κ3) is 5.22. The summed E-state index contributed by atoms with van der Waals surface area (Å²) < 4.78 is 5.11. The van der Waals surface area contributed by atoms with Crippen molar-refractivity contribution in [3.63, 3.8) is 0 Å². The highest BCUT2D eigenvalue weighted by molar-refractivity contribution is 4.82. The molecule has 3 unspecified atom stereocenters. The van der Waals surface area contributed by atoms with Gasteiger partial charge in [0, 0.05) is 19.7 Å². The lowest BCUT2D eigenvalue weighted by atomic mass is 9.91. The van der Waals surface area contributed by atoms with Crippen LogP contribution in [0.15, 0.2) is 0 Å². The van der Waals surface area contributed by atoms with Gasteiger partial charge in [0.2, 0.25) is 0 Å². The molecule has 4 heteroatoms. The van der Waals surface area contributed by atoms with Crippen LogP contribution in [-0.2, 0) is 4.74 Å². The van der Waals surface area contributed by atoms with Crippen LogP contribution in [0.25, 0.3) is 0 Å². The molecule has 3 atom stereocenters. The molecule has 0 aromatic rings. The van der Waals surface area contributed by atoms with Crippen LogP contribution in [0.2, 0.25) is 0 Å². The van der Waals surface area contributed by atoms with Gasteiger partial charge in [-0.2, -0.15) is 0 Å². The molecule has 1 rings (SSSR count). The van der Waals surface area contributed by atoms with Crippen LogP contribution in [-0.4, -0.2) is 62.0 Å². The summed E-state index contributed by atoms with van der Waals surface area (Å²) in [6.07, 6.45) is 3.82. The first kappa shape index (κ1) is 15.9. The third-order valence-corrected chi connectivity index (χ3v) is 3.88. The maximum atomic E-state index is 9.29. The Morgan fingerprint density at radius 1 is 1.50 bits per heavy atom. The van der Waals surface area contributed by atoms with Gasteiger partial charge in [-0.25, -0.2) is 0 Å². The molecule has 0 aliphatic carbocycles. The number of nitrogens with one attached hydrogen (secondary N) is 1. The van der Waals surface area contributed by atoms with Gasteiger partial charge in [0.25, 0.3) is 0 Å². The topological polar surface area (TPSA) is 44.7 Å². The maximum absolute atomic E-state index is 9.29. The molecule has 108 valence electrons. The van der Waals surface area contributed by atoms with Crippen LogP contribution in [0.4, 0.5) is 0 Å². The van der Waals surface area contributed by atoms with Crippen molar-refractivity contribution in [3.8, 4) is 0 Å². The summed E-state index contributed by atoms with van der Waals surface area (Å²) >= 11 is 0. The zero-order valence-corrected chi connectivity index (χ0v) is 12.2. The number of hydrogen-bond acceptors (Lipinski definition) is 4. The molecule has 1 aliphatic heterocycles. The molecular formula is C14H30N2O2. The summed E-state index contributed by atoms with van der Waals surface area (Å²) in [5.41, 5.74) is 0. The minimum Gasteiger partial charge on any atom is -0.395 e. The zero-order chi connectivity index (χ0) is 13.4. The van der Waals surface area contributed by atoms with Crippen molar-refractivity contribution in [1.29, 1.82) is 0 Å². The standard InChI is InChI=1S/C14H30N2O2/c1-4-7-16-8-5-6-13(9-16)12(2)15-14(10-17)11-18-3/h12-15,17H,4-11H2,1-3H3. The Kier molecular flexibility index (Phi) is 7.82. The van der Waals surface area contributed by atoms with Gasteiger partial charge in [-0.05, 0) is 45.2 Å². The van der Waals surface area contributed by atoms with E-state index in [9.17, 15) is 5.11 Å². The van der Waals surface area contributed by atoms with Crippen LogP contribution in [0.5, 0.6) is 0 Å². The summed E-state index contributed by atoms with van der Waals surface area (Å²) in [5, 5.41) is 12.8.